The second-order valence-electron chi connectivity index (χ2n) is 2.88. The summed E-state index contributed by atoms with van der Waals surface area (Å²) in [5.41, 5.74) is 3.18. The van der Waals surface area contributed by atoms with E-state index in [0.717, 1.165) is 12.0 Å². The van der Waals surface area contributed by atoms with Crippen LogP contribution in [0.15, 0.2) is 30.3 Å². The Bertz CT molecular complexity index is 272. The molecule has 0 fully saturated rings. The summed E-state index contributed by atoms with van der Waals surface area (Å²) in [6.07, 6.45) is 0.757. The molecule has 3 nitrogen and oxygen atoms in total. The van der Waals surface area contributed by atoms with Crippen molar-refractivity contribution in [2.45, 2.75) is 19.3 Å². The lowest BCUT2D eigenvalue weighted by Gasteiger charge is -2.12. The predicted molar refractivity (Wildman–Crippen MR) is 51.8 cm³/mol. The number of nitrogens with two attached hydrogens (primary N) is 1. The van der Waals surface area contributed by atoms with Crippen molar-refractivity contribution in [3.63, 3.8) is 0 Å². The first-order valence-electron chi connectivity index (χ1n) is 4.35. The maximum atomic E-state index is 11.3. The molecule has 0 saturated carbocycles. The van der Waals surface area contributed by atoms with E-state index in [1.165, 1.54) is 0 Å². The van der Waals surface area contributed by atoms with Gasteiger partial charge in [-0.1, -0.05) is 37.3 Å². The monoisotopic (exact) mass is 178 g/mol. The van der Waals surface area contributed by atoms with Crippen molar-refractivity contribution in [3.05, 3.63) is 35.9 Å². The Morgan fingerprint density at radius 3 is 2.54 bits per heavy atom. The van der Waals surface area contributed by atoms with Crippen molar-refractivity contribution >= 4 is 5.91 Å². The molecule has 3 heteroatoms. The summed E-state index contributed by atoms with van der Waals surface area (Å²) in [6.45, 7) is 1.97. The quantitative estimate of drug-likeness (QED) is 0.414. The van der Waals surface area contributed by atoms with Crippen LogP contribution in [0.5, 0.6) is 0 Å². The fraction of sp³-hybridized carbons (Fsp3) is 0.300. The largest absolute Gasteiger partial charge is 0.294 e. The molecule has 1 rings (SSSR count). The molecule has 1 amide bonds. The molecule has 70 valence electrons. The maximum Gasteiger partial charge on any atom is 0.241 e. The second-order valence-corrected chi connectivity index (χ2v) is 2.88. The third-order valence-corrected chi connectivity index (χ3v) is 2.07. The van der Waals surface area contributed by atoms with Gasteiger partial charge in [-0.3, -0.25) is 10.2 Å². The molecule has 0 radical (unpaired) electrons. The molecule has 0 aliphatic rings. The normalized spacial score (nSPS) is 12.2. The highest BCUT2D eigenvalue weighted by Crippen LogP contribution is 2.18. The van der Waals surface area contributed by atoms with Crippen LogP contribution in [0.4, 0.5) is 0 Å². The number of rotatable bonds is 3. The van der Waals surface area contributed by atoms with Gasteiger partial charge in [0.05, 0.1) is 5.92 Å². The lowest BCUT2D eigenvalue weighted by atomic mass is 9.96. The van der Waals surface area contributed by atoms with Gasteiger partial charge in [-0.2, -0.15) is 0 Å². The zero-order valence-electron chi connectivity index (χ0n) is 7.66. The topological polar surface area (TPSA) is 55.1 Å². The van der Waals surface area contributed by atoms with Gasteiger partial charge in [0.25, 0.3) is 0 Å². The van der Waals surface area contributed by atoms with Gasteiger partial charge in [-0.15, -0.1) is 0 Å². The second kappa shape index (κ2) is 4.62. The number of benzene rings is 1. The van der Waals surface area contributed by atoms with E-state index < -0.39 is 0 Å². The molecular weight excluding hydrogens is 164 g/mol. The van der Waals surface area contributed by atoms with Crippen molar-refractivity contribution in [1.82, 2.24) is 5.43 Å². The molecule has 0 unspecified atom stereocenters. The average Bonchev–Trinajstić information content (AvgIpc) is 2.20. The number of carbonyl (C=O) groups excluding carboxylic acids is 1. The van der Waals surface area contributed by atoms with Crippen molar-refractivity contribution in [3.8, 4) is 0 Å². The zero-order chi connectivity index (χ0) is 9.68. The van der Waals surface area contributed by atoms with Crippen molar-refractivity contribution in [1.29, 1.82) is 0 Å². The minimum atomic E-state index is -0.133. The van der Waals surface area contributed by atoms with Crippen LogP contribution in [-0.2, 0) is 4.79 Å². The molecule has 1 atom stereocenters. The molecular formula is C10H14N2O. The van der Waals surface area contributed by atoms with Crippen LogP contribution in [0.2, 0.25) is 0 Å². The number of amides is 1. The van der Waals surface area contributed by atoms with Crippen molar-refractivity contribution in [2.24, 2.45) is 5.84 Å². The van der Waals surface area contributed by atoms with Gasteiger partial charge in [0.2, 0.25) is 5.91 Å². The van der Waals surface area contributed by atoms with Crippen LogP contribution < -0.4 is 11.3 Å². The van der Waals surface area contributed by atoms with Crippen LogP contribution in [0.1, 0.15) is 24.8 Å². The average molecular weight is 178 g/mol. The SMILES string of the molecule is CC[C@H](C(=O)NN)c1ccccc1. The summed E-state index contributed by atoms with van der Waals surface area (Å²) in [5.74, 6) is 4.82. The highest BCUT2D eigenvalue weighted by Gasteiger charge is 2.16. The van der Waals surface area contributed by atoms with Gasteiger partial charge in [0.15, 0.2) is 0 Å². The molecule has 0 aliphatic heterocycles. The number of nitrogens with one attached hydrogen (secondary N) is 1. The van der Waals surface area contributed by atoms with Crippen LogP contribution in [0.3, 0.4) is 0 Å². The highest BCUT2D eigenvalue weighted by atomic mass is 16.2. The third-order valence-electron chi connectivity index (χ3n) is 2.07. The lowest BCUT2D eigenvalue weighted by molar-refractivity contribution is -0.122. The van der Waals surface area contributed by atoms with Gasteiger partial charge < -0.3 is 0 Å². The molecule has 0 saturated heterocycles. The van der Waals surface area contributed by atoms with Gasteiger partial charge >= 0.3 is 0 Å². The Kier molecular flexibility index (Phi) is 3.46. The van der Waals surface area contributed by atoms with E-state index in [9.17, 15) is 4.79 Å². The molecule has 1 aromatic carbocycles. The van der Waals surface area contributed by atoms with E-state index in [0.29, 0.717) is 0 Å². The summed E-state index contributed by atoms with van der Waals surface area (Å²) in [4.78, 5) is 11.3. The Morgan fingerprint density at radius 2 is 2.08 bits per heavy atom. The minimum absolute atomic E-state index is 0.131. The molecule has 0 aliphatic carbocycles. The number of hydrazine groups is 1. The Morgan fingerprint density at radius 1 is 1.46 bits per heavy atom. The fourth-order valence-electron chi connectivity index (χ4n) is 1.36. The summed E-state index contributed by atoms with van der Waals surface area (Å²) < 4.78 is 0. The van der Waals surface area contributed by atoms with E-state index >= 15 is 0 Å². The molecule has 13 heavy (non-hydrogen) atoms. The third kappa shape index (κ3) is 2.29. The molecule has 0 heterocycles. The molecule has 0 aromatic heterocycles. The first-order chi connectivity index (χ1) is 6.29. The number of carbonyl (C=O) groups is 1. The van der Waals surface area contributed by atoms with E-state index in [4.69, 9.17) is 5.84 Å². The molecule has 0 spiro atoms. The molecule has 3 N–H and O–H groups in total. The highest BCUT2D eigenvalue weighted by molar-refractivity contribution is 5.82. The van der Waals surface area contributed by atoms with Gasteiger partial charge in [0, 0.05) is 0 Å². The van der Waals surface area contributed by atoms with Crippen LogP contribution in [-0.4, -0.2) is 5.91 Å². The maximum absolute atomic E-state index is 11.3. The summed E-state index contributed by atoms with van der Waals surface area (Å²) in [6, 6.07) is 9.63. The smallest absolute Gasteiger partial charge is 0.241 e. The fourth-order valence-corrected chi connectivity index (χ4v) is 1.36. The van der Waals surface area contributed by atoms with Crippen LogP contribution in [0, 0.1) is 0 Å². The van der Waals surface area contributed by atoms with E-state index in [2.05, 4.69) is 5.43 Å². The Balaban J connectivity index is 2.85. The molecule has 0 bridgehead atoms. The van der Waals surface area contributed by atoms with Gasteiger partial charge in [0.1, 0.15) is 0 Å². The number of hydrogen-bond acceptors (Lipinski definition) is 2. The summed E-state index contributed by atoms with van der Waals surface area (Å²) in [5, 5.41) is 0. The van der Waals surface area contributed by atoms with E-state index in [1.807, 2.05) is 37.3 Å². The van der Waals surface area contributed by atoms with E-state index in [-0.39, 0.29) is 11.8 Å². The van der Waals surface area contributed by atoms with Crippen LogP contribution >= 0.6 is 0 Å². The van der Waals surface area contributed by atoms with Crippen LogP contribution in [0.25, 0.3) is 0 Å². The molecule has 1 aromatic rings. The standard InChI is InChI=1S/C10H14N2O/c1-2-9(10(13)12-11)8-6-4-3-5-7-8/h3-7,9H,2,11H2,1H3,(H,12,13)/t9-/m0/s1. The van der Waals surface area contributed by atoms with Crippen molar-refractivity contribution in [2.75, 3.05) is 0 Å². The first kappa shape index (κ1) is 9.74. The minimum Gasteiger partial charge on any atom is -0.294 e. The van der Waals surface area contributed by atoms with Crippen molar-refractivity contribution < 1.29 is 4.79 Å². The summed E-state index contributed by atoms with van der Waals surface area (Å²) >= 11 is 0. The Labute approximate surface area is 77.9 Å². The zero-order valence-corrected chi connectivity index (χ0v) is 7.66. The van der Waals surface area contributed by atoms with Gasteiger partial charge in [-0.25, -0.2) is 5.84 Å². The Hall–Kier alpha value is -1.35. The predicted octanol–water partition coefficient (Wildman–Crippen LogP) is 1.17. The lowest BCUT2D eigenvalue weighted by Crippen LogP contribution is -2.34. The number of hydrogen-bond donors (Lipinski definition) is 2. The summed E-state index contributed by atoms with van der Waals surface area (Å²) in [7, 11) is 0. The van der Waals surface area contributed by atoms with Gasteiger partial charge in [-0.05, 0) is 12.0 Å². The first-order valence-corrected chi connectivity index (χ1v) is 4.35. The van der Waals surface area contributed by atoms with E-state index in [1.54, 1.807) is 0 Å².